The van der Waals surface area contributed by atoms with Crippen molar-refractivity contribution in [3.63, 3.8) is 0 Å². The summed E-state index contributed by atoms with van der Waals surface area (Å²) in [6.07, 6.45) is 6.24. The lowest BCUT2D eigenvalue weighted by molar-refractivity contribution is 0.145. The zero-order valence-electron chi connectivity index (χ0n) is 17.1. The largest absolute Gasteiger partial charge is 0.383 e. The topological polar surface area (TPSA) is 69.1 Å². The number of anilines is 1. The van der Waals surface area contributed by atoms with Crippen molar-refractivity contribution in [3.05, 3.63) is 18.5 Å². The molecule has 1 N–H and O–H groups in total. The van der Waals surface area contributed by atoms with E-state index >= 15 is 0 Å². The first kappa shape index (κ1) is 23.1. The first-order valence-electron chi connectivity index (χ1n) is 10.1. The number of nitrogens with one attached hydrogen (secondary N) is 1. The fourth-order valence-corrected chi connectivity index (χ4v) is 3.41. The van der Waals surface area contributed by atoms with Crippen molar-refractivity contribution in [2.24, 2.45) is 4.99 Å². The maximum atomic E-state index is 5.25. The van der Waals surface area contributed by atoms with Crippen LogP contribution in [0.2, 0.25) is 0 Å². The van der Waals surface area contributed by atoms with Gasteiger partial charge in [-0.1, -0.05) is 0 Å². The predicted octanol–water partition coefficient (Wildman–Crippen LogP) is 1.29. The van der Waals surface area contributed by atoms with Crippen LogP contribution in [0.5, 0.6) is 0 Å². The van der Waals surface area contributed by atoms with Gasteiger partial charge in [0.2, 0.25) is 5.95 Å². The minimum absolute atomic E-state index is 0. The molecule has 3 rings (SSSR count). The molecule has 158 valence electrons. The lowest BCUT2D eigenvalue weighted by Crippen LogP contribution is -2.53. The quantitative estimate of drug-likeness (QED) is 0.310. The van der Waals surface area contributed by atoms with Crippen LogP contribution in [0.25, 0.3) is 0 Å². The summed E-state index contributed by atoms with van der Waals surface area (Å²) in [4.78, 5) is 20.7. The molecule has 0 spiro atoms. The van der Waals surface area contributed by atoms with E-state index in [0.717, 1.165) is 76.9 Å². The second-order valence-electron chi connectivity index (χ2n) is 7.02. The predicted molar refractivity (Wildman–Crippen MR) is 124 cm³/mol. The number of piperazine rings is 1. The van der Waals surface area contributed by atoms with E-state index in [9.17, 15) is 0 Å². The molecule has 0 unspecified atom stereocenters. The number of methoxy groups -OCH3 is 1. The molecule has 2 aliphatic rings. The molecule has 0 radical (unpaired) electrons. The molecule has 0 amide bonds. The molecular weight excluding hydrogens is 469 g/mol. The van der Waals surface area contributed by atoms with Crippen LogP contribution in [0.3, 0.4) is 0 Å². The van der Waals surface area contributed by atoms with Crippen LogP contribution in [0.4, 0.5) is 5.95 Å². The van der Waals surface area contributed by atoms with E-state index in [1.165, 1.54) is 12.8 Å². The maximum absolute atomic E-state index is 5.25. The molecule has 1 saturated heterocycles. The minimum atomic E-state index is 0. The second kappa shape index (κ2) is 12.4. The van der Waals surface area contributed by atoms with Gasteiger partial charge >= 0.3 is 0 Å². The van der Waals surface area contributed by atoms with Crippen molar-refractivity contribution in [1.82, 2.24) is 25.1 Å². The summed E-state index contributed by atoms with van der Waals surface area (Å²) in [7, 11) is 1.77. The molecule has 2 fully saturated rings. The summed E-state index contributed by atoms with van der Waals surface area (Å²) in [5, 5.41) is 3.45. The van der Waals surface area contributed by atoms with Gasteiger partial charge in [-0.05, 0) is 25.8 Å². The van der Waals surface area contributed by atoms with Gasteiger partial charge in [0.25, 0.3) is 0 Å². The third-order valence-electron chi connectivity index (χ3n) is 5.04. The molecule has 0 atom stereocenters. The van der Waals surface area contributed by atoms with Crippen LogP contribution in [0, 0.1) is 0 Å². The third-order valence-corrected chi connectivity index (χ3v) is 5.04. The van der Waals surface area contributed by atoms with Crippen LogP contribution >= 0.6 is 24.0 Å². The van der Waals surface area contributed by atoms with Gasteiger partial charge in [0, 0.05) is 71.4 Å². The first-order valence-corrected chi connectivity index (χ1v) is 10.1. The van der Waals surface area contributed by atoms with Gasteiger partial charge in [-0.25, -0.2) is 9.97 Å². The molecule has 9 heteroatoms. The van der Waals surface area contributed by atoms with Crippen molar-refractivity contribution in [2.45, 2.75) is 25.8 Å². The Labute approximate surface area is 185 Å². The van der Waals surface area contributed by atoms with Gasteiger partial charge in [-0.3, -0.25) is 9.89 Å². The Bertz CT molecular complexity index is 577. The molecule has 28 heavy (non-hydrogen) atoms. The molecule has 1 aromatic heterocycles. The zero-order valence-corrected chi connectivity index (χ0v) is 19.4. The highest BCUT2D eigenvalue weighted by Gasteiger charge is 2.28. The number of hydrogen-bond donors (Lipinski definition) is 1. The standard InChI is InChI=1S/C19H33N7O.HI/c1-3-20-18(23-9-10-24(15-16-27-2)17-5-6-17)25-11-13-26(14-12-25)19-21-7-4-8-22-19;/h4,7-8,17H,3,5-6,9-16H2,1-2H3,(H,20,23);1H. The van der Waals surface area contributed by atoms with E-state index < -0.39 is 0 Å². The summed E-state index contributed by atoms with van der Waals surface area (Å²) in [6, 6.07) is 2.60. The Hall–Kier alpha value is -1.20. The fraction of sp³-hybridized carbons (Fsp3) is 0.737. The highest BCUT2D eigenvalue weighted by atomic mass is 127. The van der Waals surface area contributed by atoms with Crippen LogP contribution < -0.4 is 10.2 Å². The number of hydrogen-bond acceptors (Lipinski definition) is 6. The molecule has 2 heterocycles. The van der Waals surface area contributed by atoms with Crippen molar-refractivity contribution in [1.29, 1.82) is 0 Å². The Morgan fingerprint density at radius 2 is 1.93 bits per heavy atom. The number of ether oxygens (including phenoxy) is 1. The van der Waals surface area contributed by atoms with Crippen molar-refractivity contribution in [3.8, 4) is 0 Å². The highest BCUT2D eigenvalue weighted by Crippen LogP contribution is 2.26. The summed E-state index contributed by atoms with van der Waals surface area (Å²) >= 11 is 0. The molecule has 1 aliphatic heterocycles. The van der Waals surface area contributed by atoms with Gasteiger partial charge in [0.15, 0.2) is 5.96 Å². The number of aromatic nitrogens is 2. The normalized spacial score (nSPS) is 17.6. The summed E-state index contributed by atoms with van der Waals surface area (Å²) in [6.45, 7) is 10.3. The SMILES string of the molecule is CCNC(=NCCN(CCOC)C1CC1)N1CCN(c2ncccn2)CC1.I. The van der Waals surface area contributed by atoms with Crippen LogP contribution in [-0.2, 0) is 4.74 Å². The van der Waals surface area contributed by atoms with Gasteiger partial charge in [-0.2, -0.15) is 0 Å². The van der Waals surface area contributed by atoms with Gasteiger partial charge < -0.3 is 19.9 Å². The smallest absolute Gasteiger partial charge is 0.225 e. The Morgan fingerprint density at radius 1 is 1.21 bits per heavy atom. The van der Waals surface area contributed by atoms with E-state index in [4.69, 9.17) is 9.73 Å². The van der Waals surface area contributed by atoms with Gasteiger partial charge in [-0.15, -0.1) is 24.0 Å². The zero-order chi connectivity index (χ0) is 18.9. The Morgan fingerprint density at radius 3 is 2.54 bits per heavy atom. The molecule has 1 aromatic rings. The molecule has 0 bridgehead atoms. The lowest BCUT2D eigenvalue weighted by Gasteiger charge is -2.36. The molecule has 1 aliphatic carbocycles. The minimum Gasteiger partial charge on any atom is -0.383 e. The Balaban J connectivity index is 0.00000280. The fourth-order valence-electron chi connectivity index (χ4n) is 3.41. The van der Waals surface area contributed by atoms with Crippen LogP contribution in [0.1, 0.15) is 19.8 Å². The van der Waals surface area contributed by atoms with Crippen molar-refractivity contribution in [2.75, 3.05) is 71.0 Å². The summed E-state index contributed by atoms with van der Waals surface area (Å²) in [5.74, 6) is 1.84. The van der Waals surface area contributed by atoms with Gasteiger partial charge in [0.05, 0.1) is 13.2 Å². The van der Waals surface area contributed by atoms with E-state index in [1.54, 1.807) is 19.5 Å². The molecule has 8 nitrogen and oxygen atoms in total. The average Bonchev–Trinajstić information content (AvgIpc) is 3.56. The number of guanidine groups is 1. The number of aliphatic imine (C=N–C) groups is 1. The summed E-state index contributed by atoms with van der Waals surface area (Å²) in [5.41, 5.74) is 0. The average molecular weight is 503 g/mol. The van der Waals surface area contributed by atoms with E-state index in [2.05, 4.69) is 36.9 Å². The monoisotopic (exact) mass is 503 g/mol. The van der Waals surface area contributed by atoms with Crippen molar-refractivity contribution >= 4 is 35.9 Å². The molecule has 1 saturated carbocycles. The maximum Gasteiger partial charge on any atom is 0.225 e. The van der Waals surface area contributed by atoms with Crippen LogP contribution in [-0.4, -0.2) is 97.8 Å². The van der Waals surface area contributed by atoms with E-state index in [0.29, 0.717) is 0 Å². The molecule has 0 aromatic carbocycles. The number of rotatable bonds is 9. The number of nitrogens with zero attached hydrogens (tertiary/aromatic N) is 6. The second-order valence-corrected chi connectivity index (χ2v) is 7.02. The van der Waals surface area contributed by atoms with Gasteiger partial charge in [0.1, 0.15) is 0 Å². The first-order chi connectivity index (χ1) is 13.3. The molecular formula is C19H34IN7O. The van der Waals surface area contributed by atoms with E-state index in [-0.39, 0.29) is 24.0 Å². The van der Waals surface area contributed by atoms with Crippen LogP contribution in [0.15, 0.2) is 23.5 Å². The number of halogens is 1. The van der Waals surface area contributed by atoms with Crippen molar-refractivity contribution < 1.29 is 4.74 Å². The van der Waals surface area contributed by atoms with E-state index in [1.807, 2.05) is 6.07 Å². The Kier molecular flexibility index (Phi) is 10.2. The third kappa shape index (κ3) is 7.00. The summed E-state index contributed by atoms with van der Waals surface area (Å²) < 4.78 is 5.25. The lowest BCUT2D eigenvalue weighted by atomic mass is 10.3. The highest BCUT2D eigenvalue weighted by molar-refractivity contribution is 14.0.